The molecular formula is C26H25Cl2N3O4S. The summed E-state index contributed by atoms with van der Waals surface area (Å²) >= 11 is 12.0. The summed E-state index contributed by atoms with van der Waals surface area (Å²) in [4.78, 5) is 26.5. The molecule has 0 aromatic heterocycles. The molecule has 2 amide bonds. The topological polar surface area (TPSA) is 86.8 Å². The van der Waals surface area contributed by atoms with E-state index in [2.05, 4.69) is 5.32 Å². The molecule has 4 rings (SSSR count). The van der Waals surface area contributed by atoms with Crippen LogP contribution in [0.25, 0.3) is 0 Å². The van der Waals surface area contributed by atoms with Crippen LogP contribution in [-0.2, 0) is 32.7 Å². The summed E-state index contributed by atoms with van der Waals surface area (Å²) in [5, 5.41) is 3.53. The molecule has 3 aromatic carbocycles. The zero-order valence-corrected chi connectivity index (χ0v) is 21.7. The Morgan fingerprint density at radius 2 is 1.64 bits per heavy atom. The van der Waals surface area contributed by atoms with Crippen LogP contribution in [-0.4, -0.2) is 38.2 Å². The van der Waals surface area contributed by atoms with Crippen LogP contribution in [0.1, 0.15) is 24.0 Å². The molecule has 0 radical (unpaired) electrons. The van der Waals surface area contributed by atoms with Crippen LogP contribution in [0.3, 0.4) is 0 Å². The van der Waals surface area contributed by atoms with Crippen molar-refractivity contribution in [2.75, 3.05) is 17.4 Å². The number of sulfonamides is 1. The molecule has 0 unspecified atom stereocenters. The standard InChI is InChI=1S/C26H25Cl2N3O4S/c27-21-10-12-24(13-11-21)36(34,35)31(23-4-1-3-22(28)15-23)18-25(32)29-16-19-6-8-20(9-7-19)17-30-14-2-5-26(30)33/h1,3-4,6-13,15H,2,5,14,16-18H2,(H,29,32). The molecule has 188 valence electrons. The van der Waals surface area contributed by atoms with Gasteiger partial charge in [-0.15, -0.1) is 0 Å². The van der Waals surface area contributed by atoms with E-state index in [9.17, 15) is 18.0 Å². The van der Waals surface area contributed by atoms with Gasteiger partial charge in [0.1, 0.15) is 6.54 Å². The van der Waals surface area contributed by atoms with E-state index in [1.54, 1.807) is 18.2 Å². The van der Waals surface area contributed by atoms with Crippen molar-refractivity contribution in [3.8, 4) is 0 Å². The van der Waals surface area contributed by atoms with Crippen LogP contribution >= 0.6 is 23.2 Å². The minimum atomic E-state index is -4.06. The molecule has 1 N–H and O–H groups in total. The molecule has 1 aliphatic heterocycles. The average Bonchev–Trinajstić information content (AvgIpc) is 3.26. The molecule has 0 saturated carbocycles. The number of amides is 2. The first-order valence-electron chi connectivity index (χ1n) is 11.4. The lowest BCUT2D eigenvalue weighted by atomic mass is 10.1. The molecule has 3 aromatic rings. The van der Waals surface area contributed by atoms with Gasteiger partial charge >= 0.3 is 0 Å². The predicted molar refractivity (Wildman–Crippen MR) is 140 cm³/mol. The van der Waals surface area contributed by atoms with Crippen molar-refractivity contribution in [1.29, 1.82) is 0 Å². The fraction of sp³-hybridized carbons (Fsp3) is 0.231. The van der Waals surface area contributed by atoms with Crippen molar-refractivity contribution in [3.05, 3.63) is 94.0 Å². The summed E-state index contributed by atoms with van der Waals surface area (Å²) in [7, 11) is -4.06. The Labute approximate surface area is 220 Å². The molecule has 36 heavy (non-hydrogen) atoms. The van der Waals surface area contributed by atoms with E-state index in [0.717, 1.165) is 28.4 Å². The smallest absolute Gasteiger partial charge is 0.264 e. The fourth-order valence-electron chi connectivity index (χ4n) is 3.92. The lowest BCUT2D eigenvalue weighted by molar-refractivity contribution is -0.128. The zero-order chi connectivity index (χ0) is 25.7. The molecule has 0 aliphatic carbocycles. The van der Waals surface area contributed by atoms with E-state index in [0.29, 0.717) is 23.0 Å². The van der Waals surface area contributed by atoms with Crippen molar-refractivity contribution in [1.82, 2.24) is 10.2 Å². The number of hydrogen-bond acceptors (Lipinski definition) is 4. The van der Waals surface area contributed by atoms with E-state index < -0.39 is 22.5 Å². The van der Waals surface area contributed by atoms with Crippen LogP contribution in [0.5, 0.6) is 0 Å². The molecule has 10 heteroatoms. The minimum Gasteiger partial charge on any atom is -0.350 e. The molecule has 0 spiro atoms. The van der Waals surface area contributed by atoms with Crippen molar-refractivity contribution >= 4 is 50.7 Å². The van der Waals surface area contributed by atoms with Gasteiger partial charge < -0.3 is 10.2 Å². The van der Waals surface area contributed by atoms with Crippen molar-refractivity contribution in [2.45, 2.75) is 30.8 Å². The summed E-state index contributed by atoms with van der Waals surface area (Å²) in [6.07, 6.45) is 1.49. The van der Waals surface area contributed by atoms with Gasteiger partial charge in [-0.1, -0.05) is 53.5 Å². The van der Waals surface area contributed by atoms with Crippen molar-refractivity contribution in [2.24, 2.45) is 0 Å². The number of likely N-dealkylation sites (tertiary alicyclic amines) is 1. The van der Waals surface area contributed by atoms with Crippen LogP contribution < -0.4 is 9.62 Å². The number of hydrogen-bond donors (Lipinski definition) is 1. The number of carbonyl (C=O) groups is 2. The van der Waals surface area contributed by atoms with Crippen LogP contribution in [0, 0.1) is 0 Å². The number of halogens is 2. The van der Waals surface area contributed by atoms with Crippen LogP contribution in [0.2, 0.25) is 10.0 Å². The maximum Gasteiger partial charge on any atom is 0.264 e. The first-order chi connectivity index (χ1) is 17.2. The Hall–Kier alpha value is -3.07. The molecule has 1 fully saturated rings. The summed E-state index contributed by atoms with van der Waals surface area (Å²) in [6.45, 7) is 1.15. The Morgan fingerprint density at radius 1 is 0.944 bits per heavy atom. The summed E-state index contributed by atoms with van der Waals surface area (Å²) in [5.41, 5.74) is 2.14. The average molecular weight is 546 g/mol. The number of nitrogens with zero attached hydrogens (tertiary/aromatic N) is 2. The molecule has 7 nitrogen and oxygen atoms in total. The Morgan fingerprint density at radius 3 is 2.28 bits per heavy atom. The highest BCUT2D eigenvalue weighted by atomic mass is 35.5. The van der Waals surface area contributed by atoms with Gasteiger partial charge in [-0.2, -0.15) is 0 Å². The van der Waals surface area contributed by atoms with Gasteiger partial charge in [-0.25, -0.2) is 8.42 Å². The van der Waals surface area contributed by atoms with Gasteiger partial charge in [0.05, 0.1) is 10.6 Å². The third-order valence-electron chi connectivity index (χ3n) is 5.84. The molecule has 0 atom stereocenters. The second-order valence-corrected chi connectivity index (χ2v) is 11.2. The first kappa shape index (κ1) is 26.0. The maximum absolute atomic E-state index is 13.4. The molecule has 1 aliphatic rings. The monoisotopic (exact) mass is 545 g/mol. The quantitative estimate of drug-likeness (QED) is 0.424. The first-order valence-corrected chi connectivity index (χ1v) is 13.6. The summed E-state index contributed by atoms with van der Waals surface area (Å²) in [5.74, 6) is -0.302. The highest BCUT2D eigenvalue weighted by molar-refractivity contribution is 7.92. The highest BCUT2D eigenvalue weighted by Crippen LogP contribution is 2.27. The van der Waals surface area contributed by atoms with E-state index in [4.69, 9.17) is 23.2 Å². The van der Waals surface area contributed by atoms with E-state index in [1.165, 1.54) is 30.3 Å². The van der Waals surface area contributed by atoms with Crippen LogP contribution in [0.15, 0.2) is 77.7 Å². The number of carbonyl (C=O) groups excluding carboxylic acids is 2. The fourth-order valence-corrected chi connectivity index (χ4v) is 5.64. The van der Waals surface area contributed by atoms with Gasteiger partial charge in [-0.05, 0) is 60.0 Å². The number of rotatable bonds is 9. The number of anilines is 1. The van der Waals surface area contributed by atoms with Crippen molar-refractivity contribution in [3.63, 3.8) is 0 Å². The zero-order valence-electron chi connectivity index (χ0n) is 19.4. The molecule has 1 heterocycles. The lowest BCUT2D eigenvalue weighted by Crippen LogP contribution is -2.40. The van der Waals surface area contributed by atoms with Gasteiger partial charge in [0.15, 0.2) is 0 Å². The van der Waals surface area contributed by atoms with E-state index in [-0.39, 0.29) is 23.0 Å². The summed E-state index contributed by atoms with van der Waals surface area (Å²) < 4.78 is 27.8. The Kier molecular flexibility index (Phi) is 8.18. The van der Waals surface area contributed by atoms with E-state index in [1.807, 2.05) is 29.2 Å². The third-order valence-corrected chi connectivity index (χ3v) is 8.12. The predicted octanol–water partition coefficient (Wildman–Crippen LogP) is 4.63. The highest BCUT2D eigenvalue weighted by Gasteiger charge is 2.27. The summed E-state index contributed by atoms with van der Waals surface area (Å²) in [6, 6.07) is 19.7. The molecule has 0 bridgehead atoms. The molecule has 1 saturated heterocycles. The SMILES string of the molecule is O=C(CN(c1cccc(Cl)c1)S(=O)(=O)c1ccc(Cl)cc1)NCc1ccc(CN2CCCC2=O)cc1. The van der Waals surface area contributed by atoms with Gasteiger partial charge in [0.2, 0.25) is 11.8 Å². The normalized spacial score (nSPS) is 13.6. The second kappa shape index (κ2) is 11.3. The van der Waals surface area contributed by atoms with Gasteiger partial charge in [0.25, 0.3) is 10.0 Å². The van der Waals surface area contributed by atoms with E-state index >= 15 is 0 Å². The Balaban J connectivity index is 1.44. The minimum absolute atomic E-state index is 0.00625. The Bertz CT molecular complexity index is 1350. The largest absolute Gasteiger partial charge is 0.350 e. The second-order valence-electron chi connectivity index (χ2n) is 8.46. The number of benzene rings is 3. The van der Waals surface area contributed by atoms with Gasteiger partial charge in [-0.3, -0.25) is 13.9 Å². The third kappa shape index (κ3) is 6.37. The van der Waals surface area contributed by atoms with Crippen molar-refractivity contribution < 1.29 is 18.0 Å². The number of nitrogens with one attached hydrogen (secondary N) is 1. The van der Waals surface area contributed by atoms with Gasteiger partial charge in [0, 0.05) is 36.1 Å². The lowest BCUT2D eigenvalue weighted by Gasteiger charge is -2.24. The molecular weight excluding hydrogens is 521 g/mol. The van der Waals surface area contributed by atoms with Crippen LogP contribution in [0.4, 0.5) is 5.69 Å². The maximum atomic E-state index is 13.4.